The van der Waals surface area contributed by atoms with Crippen LogP contribution < -0.4 is 0 Å². The van der Waals surface area contributed by atoms with Crippen molar-refractivity contribution >= 4 is 12.0 Å². The average molecular weight is 440 g/mol. The Balaban J connectivity index is 1.36. The van der Waals surface area contributed by atoms with Crippen LogP contribution in [0.2, 0.25) is 0 Å². The van der Waals surface area contributed by atoms with Crippen molar-refractivity contribution in [3.8, 4) is 0 Å². The Morgan fingerprint density at radius 1 is 0.879 bits per heavy atom. The standard InChI is InChI=1S/C27H24N2O4/c30-27(31-19-21-12-6-2-7-13-21)29-17-16-23-26(25(29)22-14-8-3-9-15-22)33-28-24(32-23)18-20-10-4-1-5-11-20/h1-17,23,25-26H,18-19H2/t23-,25+,26-/m0/s1. The van der Waals surface area contributed by atoms with Crippen molar-refractivity contribution < 1.29 is 19.1 Å². The Kier molecular flexibility index (Phi) is 6.06. The second-order valence-corrected chi connectivity index (χ2v) is 7.94. The van der Waals surface area contributed by atoms with Crippen LogP contribution in [-0.2, 0) is 27.3 Å². The Labute approximate surface area is 192 Å². The molecule has 0 aromatic heterocycles. The van der Waals surface area contributed by atoms with Crippen LogP contribution in [0.3, 0.4) is 0 Å². The van der Waals surface area contributed by atoms with E-state index in [1.165, 1.54) is 0 Å². The fourth-order valence-corrected chi connectivity index (χ4v) is 4.05. The normalized spacial score (nSPS) is 21.3. The van der Waals surface area contributed by atoms with E-state index in [1.54, 1.807) is 11.1 Å². The maximum absolute atomic E-state index is 13.1. The summed E-state index contributed by atoms with van der Waals surface area (Å²) in [5, 5.41) is 4.25. The number of hydrogen-bond donors (Lipinski definition) is 0. The van der Waals surface area contributed by atoms with Gasteiger partial charge < -0.3 is 14.3 Å². The van der Waals surface area contributed by atoms with Gasteiger partial charge in [0.1, 0.15) is 12.6 Å². The zero-order chi connectivity index (χ0) is 22.5. The van der Waals surface area contributed by atoms with Crippen LogP contribution in [0.15, 0.2) is 108 Å². The predicted octanol–water partition coefficient (Wildman–Crippen LogP) is 5.23. The molecule has 6 heteroatoms. The van der Waals surface area contributed by atoms with Gasteiger partial charge in [0, 0.05) is 6.20 Å². The van der Waals surface area contributed by atoms with E-state index in [1.807, 2.05) is 97.1 Å². The Hall–Kier alpha value is -4.06. The SMILES string of the molecule is O=C(OCc1ccccc1)N1C=C[C@@H]2OC(Cc3ccccc3)=NO[C@@H]2[C@H]1c1ccccc1. The van der Waals surface area contributed by atoms with Crippen LogP contribution in [0.25, 0.3) is 0 Å². The van der Waals surface area contributed by atoms with Gasteiger partial charge in [-0.2, -0.15) is 0 Å². The van der Waals surface area contributed by atoms with Gasteiger partial charge in [0.05, 0.1) is 6.42 Å². The van der Waals surface area contributed by atoms with Crippen molar-refractivity contribution in [2.24, 2.45) is 5.16 Å². The number of rotatable bonds is 5. The van der Waals surface area contributed by atoms with E-state index in [4.69, 9.17) is 14.3 Å². The van der Waals surface area contributed by atoms with E-state index in [-0.39, 0.29) is 12.7 Å². The van der Waals surface area contributed by atoms with Gasteiger partial charge in [0.25, 0.3) is 0 Å². The molecule has 0 aliphatic carbocycles. The molecule has 5 rings (SSSR count). The molecule has 2 heterocycles. The van der Waals surface area contributed by atoms with E-state index in [2.05, 4.69) is 5.16 Å². The van der Waals surface area contributed by atoms with Crippen molar-refractivity contribution in [3.05, 3.63) is 120 Å². The van der Waals surface area contributed by atoms with Gasteiger partial charge in [-0.1, -0.05) is 96.2 Å². The molecule has 0 fully saturated rings. The number of hydrogen-bond acceptors (Lipinski definition) is 5. The number of carbonyl (C=O) groups excluding carboxylic acids is 1. The lowest BCUT2D eigenvalue weighted by atomic mass is 9.93. The summed E-state index contributed by atoms with van der Waals surface area (Å²) in [6, 6.07) is 28.9. The predicted molar refractivity (Wildman–Crippen MR) is 124 cm³/mol. The first-order valence-corrected chi connectivity index (χ1v) is 10.9. The molecule has 2 aliphatic heterocycles. The molecule has 0 radical (unpaired) electrons. The highest BCUT2D eigenvalue weighted by Crippen LogP contribution is 2.36. The highest BCUT2D eigenvalue weighted by molar-refractivity contribution is 5.79. The molecule has 166 valence electrons. The zero-order valence-corrected chi connectivity index (χ0v) is 18.0. The fraction of sp³-hybridized carbons (Fsp3) is 0.185. The minimum atomic E-state index is -0.499. The van der Waals surface area contributed by atoms with Crippen LogP contribution in [0.4, 0.5) is 4.79 Å². The molecular formula is C27H24N2O4. The molecule has 0 saturated heterocycles. The van der Waals surface area contributed by atoms with Crippen LogP contribution >= 0.6 is 0 Å². The molecule has 0 spiro atoms. The van der Waals surface area contributed by atoms with Gasteiger partial charge in [-0.3, -0.25) is 4.90 Å². The number of fused-ring (bicyclic) bond motifs is 1. The molecule has 0 N–H and O–H groups in total. The summed E-state index contributed by atoms with van der Waals surface area (Å²) in [5.41, 5.74) is 2.93. The maximum atomic E-state index is 13.1. The van der Waals surface area contributed by atoms with Gasteiger partial charge in [0.2, 0.25) is 5.90 Å². The lowest BCUT2D eigenvalue weighted by Gasteiger charge is -2.41. The van der Waals surface area contributed by atoms with Crippen molar-refractivity contribution in [2.45, 2.75) is 31.3 Å². The second kappa shape index (κ2) is 9.61. The summed E-state index contributed by atoms with van der Waals surface area (Å²) in [6.45, 7) is 0.191. The average Bonchev–Trinajstić information content (AvgIpc) is 2.88. The number of ether oxygens (including phenoxy) is 2. The summed E-state index contributed by atoms with van der Waals surface area (Å²) in [7, 11) is 0. The molecule has 0 bridgehead atoms. The Bertz CT molecular complexity index is 1130. The first kappa shape index (κ1) is 20.8. The van der Waals surface area contributed by atoms with Crippen molar-refractivity contribution in [3.63, 3.8) is 0 Å². The lowest BCUT2D eigenvalue weighted by molar-refractivity contribution is -0.0865. The molecule has 1 amide bonds. The van der Waals surface area contributed by atoms with Gasteiger partial charge >= 0.3 is 6.09 Å². The van der Waals surface area contributed by atoms with Crippen molar-refractivity contribution in [1.29, 1.82) is 0 Å². The molecule has 3 aromatic carbocycles. The first-order chi connectivity index (χ1) is 16.3. The highest BCUT2D eigenvalue weighted by atomic mass is 16.7. The van der Waals surface area contributed by atoms with Crippen LogP contribution in [0.1, 0.15) is 22.7 Å². The molecule has 3 atom stereocenters. The summed E-state index contributed by atoms with van der Waals surface area (Å²) < 4.78 is 11.8. The van der Waals surface area contributed by atoms with Gasteiger partial charge in [-0.15, -0.1) is 0 Å². The van der Waals surface area contributed by atoms with E-state index >= 15 is 0 Å². The van der Waals surface area contributed by atoms with Gasteiger partial charge in [0.15, 0.2) is 12.2 Å². The van der Waals surface area contributed by atoms with Crippen molar-refractivity contribution in [1.82, 2.24) is 4.90 Å². The molecule has 33 heavy (non-hydrogen) atoms. The number of nitrogens with zero attached hydrogens (tertiary/aromatic N) is 2. The second-order valence-electron chi connectivity index (χ2n) is 7.94. The third-order valence-corrected chi connectivity index (χ3v) is 5.67. The monoisotopic (exact) mass is 440 g/mol. The molecule has 0 unspecified atom stereocenters. The third kappa shape index (κ3) is 4.75. The molecule has 2 aliphatic rings. The molecule has 3 aromatic rings. The number of amides is 1. The quantitative estimate of drug-likeness (QED) is 0.545. The summed E-state index contributed by atoms with van der Waals surface area (Å²) in [4.78, 5) is 20.6. The van der Waals surface area contributed by atoms with Crippen LogP contribution in [-0.4, -0.2) is 29.1 Å². The fourth-order valence-electron chi connectivity index (χ4n) is 4.05. The minimum Gasteiger partial charge on any atom is -0.467 e. The number of carbonyl (C=O) groups is 1. The van der Waals surface area contributed by atoms with Crippen LogP contribution in [0.5, 0.6) is 0 Å². The van der Waals surface area contributed by atoms with Gasteiger partial charge in [-0.05, 0) is 22.8 Å². The minimum absolute atomic E-state index is 0.191. The van der Waals surface area contributed by atoms with E-state index < -0.39 is 18.2 Å². The van der Waals surface area contributed by atoms with Gasteiger partial charge in [-0.25, -0.2) is 4.79 Å². The smallest absolute Gasteiger partial charge is 0.414 e. The highest BCUT2D eigenvalue weighted by Gasteiger charge is 2.44. The number of oxime groups is 1. The molecule has 0 saturated carbocycles. The summed E-state index contributed by atoms with van der Waals surface area (Å²) in [5.74, 6) is 0.513. The Morgan fingerprint density at radius 2 is 1.52 bits per heavy atom. The topological polar surface area (TPSA) is 60.4 Å². The van der Waals surface area contributed by atoms with Crippen LogP contribution in [0, 0.1) is 0 Å². The molecular weight excluding hydrogens is 416 g/mol. The molecule has 6 nitrogen and oxygen atoms in total. The zero-order valence-electron chi connectivity index (χ0n) is 18.0. The first-order valence-electron chi connectivity index (χ1n) is 10.9. The van der Waals surface area contributed by atoms with E-state index in [0.29, 0.717) is 12.3 Å². The summed E-state index contributed by atoms with van der Waals surface area (Å²) >= 11 is 0. The third-order valence-electron chi connectivity index (χ3n) is 5.67. The van der Waals surface area contributed by atoms with E-state index in [9.17, 15) is 4.79 Å². The lowest BCUT2D eigenvalue weighted by Crippen LogP contribution is -2.49. The van der Waals surface area contributed by atoms with Crippen molar-refractivity contribution in [2.75, 3.05) is 0 Å². The van der Waals surface area contributed by atoms with E-state index in [0.717, 1.165) is 16.7 Å². The summed E-state index contributed by atoms with van der Waals surface area (Å²) in [6.07, 6.45) is 2.77. The Morgan fingerprint density at radius 3 is 2.21 bits per heavy atom. The largest absolute Gasteiger partial charge is 0.467 e. The number of benzene rings is 3. The maximum Gasteiger partial charge on any atom is 0.414 e.